The van der Waals surface area contributed by atoms with Gasteiger partial charge in [-0.2, -0.15) is 4.98 Å². The highest BCUT2D eigenvalue weighted by atomic mass is 35.5. The third-order valence-corrected chi connectivity index (χ3v) is 2.48. The molecule has 1 aromatic rings. The molecule has 0 saturated carbocycles. The second-order valence-corrected chi connectivity index (χ2v) is 3.86. The Bertz CT molecular complexity index is 441. The molecular weight excluding hydrogens is 252 g/mol. The lowest BCUT2D eigenvalue weighted by molar-refractivity contribution is -0.386. The molecule has 1 N–H and O–H groups in total. The quantitative estimate of drug-likeness (QED) is 0.490. The van der Waals surface area contributed by atoms with E-state index in [0.717, 1.165) is 0 Å². The van der Waals surface area contributed by atoms with Crippen LogP contribution in [0, 0.1) is 10.1 Å². The summed E-state index contributed by atoms with van der Waals surface area (Å²) < 4.78 is 10.2. The number of aliphatic hydroxyl groups is 1. The van der Waals surface area contributed by atoms with Crippen LogP contribution in [0.2, 0.25) is 5.15 Å². The number of pyridine rings is 1. The molecule has 1 fully saturated rings. The Morgan fingerprint density at radius 1 is 1.59 bits per heavy atom. The number of hydrogen-bond acceptors (Lipinski definition) is 6. The molecule has 2 atom stereocenters. The number of aliphatic hydroxyl groups excluding tert-OH is 1. The summed E-state index contributed by atoms with van der Waals surface area (Å²) >= 11 is 5.64. The zero-order valence-corrected chi connectivity index (χ0v) is 9.33. The fraction of sp³-hybridized carbons (Fsp3) is 0.444. The maximum absolute atomic E-state index is 10.7. The lowest BCUT2D eigenvalue weighted by Gasteiger charge is -2.14. The lowest BCUT2D eigenvalue weighted by Crippen LogP contribution is -2.30. The average molecular weight is 261 g/mol. The van der Waals surface area contributed by atoms with Gasteiger partial charge in [-0.1, -0.05) is 11.6 Å². The average Bonchev–Trinajstić information content (AvgIpc) is 2.64. The van der Waals surface area contributed by atoms with E-state index in [4.69, 9.17) is 21.1 Å². The zero-order chi connectivity index (χ0) is 12.4. The Morgan fingerprint density at radius 3 is 2.94 bits per heavy atom. The van der Waals surface area contributed by atoms with Crippen molar-refractivity contribution in [3.8, 4) is 5.88 Å². The molecule has 0 amide bonds. The zero-order valence-electron chi connectivity index (χ0n) is 8.58. The van der Waals surface area contributed by atoms with Crippen molar-refractivity contribution in [3.05, 3.63) is 27.4 Å². The van der Waals surface area contributed by atoms with E-state index in [0.29, 0.717) is 0 Å². The highest BCUT2D eigenvalue weighted by molar-refractivity contribution is 6.29. The van der Waals surface area contributed by atoms with Gasteiger partial charge >= 0.3 is 5.69 Å². The molecule has 0 aliphatic carbocycles. The van der Waals surface area contributed by atoms with Crippen molar-refractivity contribution < 1.29 is 19.5 Å². The van der Waals surface area contributed by atoms with E-state index in [2.05, 4.69) is 4.98 Å². The SMILES string of the molecule is O=[N+]([O-])c1ccc(Cl)nc1O[C@H]1COC[C@@H]1O. The summed E-state index contributed by atoms with van der Waals surface area (Å²) in [6.45, 7) is 0.297. The minimum Gasteiger partial charge on any atom is -0.464 e. The molecule has 0 bridgehead atoms. The van der Waals surface area contributed by atoms with E-state index in [1.165, 1.54) is 12.1 Å². The summed E-state index contributed by atoms with van der Waals surface area (Å²) in [7, 11) is 0. The molecule has 7 nitrogen and oxygen atoms in total. The summed E-state index contributed by atoms with van der Waals surface area (Å²) in [5.41, 5.74) is -0.298. The van der Waals surface area contributed by atoms with Gasteiger partial charge in [-0.05, 0) is 6.07 Å². The molecule has 1 saturated heterocycles. The molecule has 0 aromatic carbocycles. The van der Waals surface area contributed by atoms with Crippen molar-refractivity contribution in [2.45, 2.75) is 12.2 Å². The van der Waals surface area contributed by atoms with Crippen LogP contribution in [-0.2, 0) is 4.74 Å². The predicted octanol–water partition coefficient (Wildman–Crippen LogP) is 0.782. The van der Waals surface area contributed by atoms with E-state index >= 15 is 0 Å². The second-order valence-electron chi connectivity index (χ2n) is 3.48. The highest BCUT2D eigenvalue weighted by Gasteiger charge is 2.31. The van der Waals surface area contributed by atoms with Gasteiger partial charge < -0.3 is 14.6 Å². The molecule has 2 rings (SSSR count). The third kappa shape index (κ3) is 2.63. The first-order valence-electron chi connectivity index (χ1n) is 4.81. The van der Waals surface area contributed by atoms with Crippen LogP contribution < -0.4 is 4.74 Å². The standard InChI is InChI=1S/C9H9ClN2O5/c10-8-2-1-5(12(14)15)9(11-8)17-7-4-16-3-6(7)13/h1-2,6-7,13H,3-4H2/t6-,7-/m0/s1. The van der Waals surface area contributed by atoms with Crippen molar-refractivity contribution in [1.29, 1.82) is 0 Å². The number of aromatic nitrogens is 1. The summed E-state index contributed by atoms with van der Waals surface area (Å²) in [6, 6.07) is 2.50. The van der Waals surface area contributed by atoms with Crippen molar-refractivity contribution in [2.75, 3.05) is 13.2 Å². The van der Waals surface area contributed by atoms with Crippen LogP contribution in [-0.4, -0.2) is 40.4 Å². The van der Waals surface area contributed by atoms with Crippen molar-refractivity contribution in [3.63, 3.8) is 0 Å². The van der Waals surface area contributed by atoms with Crippen LogP contribution in [0.15, 0.2) is 12.1 Å². The van der Waals surface area contributed by atoms with Crippen LogP contribution in [0.3, 0.4) is 0 Å². The number of rotatable bonds is 3. The summed E-state index contributed by atoms with van der Waals surface area (Å²) in [4.78, 5) is 13.8. The van der Waals surface area contributed by atoms with E-state index in [1.54, 1.807) is 0 Å². The number of ether oxygens (including phenoxy) is 2. The van der Waals surface area contributed by atoms with Gasteiger partial charge in [-0.25, -0.2) is 0 Å². The molecule has 92 valence electrons. The normalized spacial score (nSPS) is 23.6. The van der Waals surface area contributed by atoms with E-state index < -0.39 is 17.1 Å². The fourth-order valence-electron chi connectivity index (χ4n) is 1.42. The minimum absolute atomic E-state index is 0.0824. The molecular formula is C9H9ClN2O5. The second kappa shape index (κ2) is 4.82. The van der Waals surface area contributed by atoms with Crippen molar-refractivity contribution in [2.24, 2.45) is 0 Å². The van der Waals surface area contributed by atoms with Crippen LogP contribution >= 0.6 is 11.6 Å². The smallest absolute Gasteiger partial charge is 0.331 e. The van der Waals surface area contributed by atoms with E-state index in [1.807, 2.05) is 0 Å². The number of halogens is 1. The first-order chi connectivity index (χ1) is 8.08. The monoisotopic (exact) mass is 260 g/mol. The Hall–Kier alpha value is -1.44. The molecule has 17 heavy (non-hydrogen) atoms. The first-order valence-corrected chi connectivity index (χ1v) is 5.19. The van der Waals surface area contributed by atoms with Gasteiger partial charge in [0.15, 0.2) is 6.10 Å². The summed E-state index contributed by atoms with van der Waals surface area (Å²) in [5, 5.41) is 20.3. The Balaban J connectivity index is 2.24. The van der Waals surface area contributed by atoms with Gasteiger partial charge in [0.25, 0.3) is 5.88 Å². The first kappa shape index (κ1) is 12.0. The predicted molar refractivity (Wildman–Crippen MR) is 57.1 cm³/mol. The molecule has 8 heteroatoms. The molecule has 0 radical (unpaired) electrons. The highest BCUT2D eigenvalue weighted by Crippen LogP contribution is 2.28. The molecule has 1 aliphatic heterocycles. The lowest BCUT2D eigenvalue weighted by atomic mass is 10.2. The topological polar surface area (TPSA) is 94.7 Å². The Kier molecular flexibility index (Phi) is 3.41. The van der Waals surface area contributed by atoms with Crippen LogP contribution in [0.25, 0.3) is 0 Å². The van der Waals surface area contributed by atoms with Gasteiger partial charge in [0, 0.05) is 6.07 Å². The fourth-order valence-corrected chi connectivity index (χ4v) is 1.56. The van der Waals surface area contributed by atoms with Crippen LogP contribution in [0.5, 0.6) is 5.88 Å². The molecule has 1 aromatic heterocycles. The van der Waals surface area contributed by atoms with Crippen molar-refractivity contribution >= 4 is 17.3 Å². The van der Waals surface area contributed by atoms with Crippen LogP contribution in [0.4, 0.5) is 5.69 Å². The minimum atomic E-state index is -0.824. The van der Waals surface area contributed by atoms with Crippen molar-refractivity contribution in [1.82, 2.24) is 4.98 Å². The van der Waals surface area contributed by atoms with Gasteiger partial charge in [0.1, 0.15) is 11.3 Å². The number of nitrogens with zero attached hydrogens (tertiary/aromatic N) is 2. The van der Waals surface area contributed by atoms with Crippen LogP contribution in [0.1, 0.15) is 0 Å². The Morgan fingerprint density at radius 2 is 2.35 bits per heavy atom. The molecule has 1 aliphatic rings. The summed E-state index contributed by atoms with van der Waals surface area (Å²) in [5.74, 6) is -0.211. The van der Waals surface area contributed by atoms with E-state index in [9.17, 15) is 15.2 Å². The maximum Gasteiger partial charge on any atom is 0.331 e. The third-order valence-electron chi connectivity index (χ3n) is 2.27. The molecule has 0 spiro atoms. The maximum atomic E-state index is 10.7. The van der Waals surface area contributed by atoms with E-state index in [-0.39, 0.29) is 29.9 Å². The molecule has 0 unspecified atom stereocenters. The van der Waals surface area contributed by atoms with Gasteiger partial charge in [-0.3, -0.25) is 10.1 Å². The van der Waals surface area contributed by atoms with Gasteiger partial charge in [-0.15, -0.1) is 0 Å². The van der Waals surface area contributed by atoms with Gasteiger partial charge in [0.05, 0.1) is 18.1 Å². The number of hydrogen-bond donors (Lipinski definition) is 1. The summed E-state index contributed by atoms with van der Waals surface area (Å²) in [6.07, 6.45) is -1.49. The largest absolute Gasteiger partial charge is 0.464 e. The Labute approximate surface area is 101 Å². The van der Waals surface area contributed by atoms with Gasteiger partial charge in [0.2, 0.25) is 0 Å². The molecule has 2 heterocycles. The number of nitro groups is 1.